The summed E-state index contributed by atoms with van der Waals surface area (Å²) in [5, 5.41) is 8.76. The Labute approximate surface area is 118 Å². The topological polar surface area (TPSA) is 104 Å². The van der Waals surface area contributed by atoms with Crippen LogP contribution in [0.2, 0.25) is 0 Å². The van der Waals surface area contributed by atoms with Gasteiger partial charge in [0.25, 0.3) is 0 Å². The van der Waals surface area contributed by atoms with E-state index >= 15 is 0 Å². The minimum Gasteiger partial charge on any atom is -0.481 e. The molecule has 7 nitrogen and oxygen atoms in total. The Kier molecular flexibility index (Phi) is 5.79. The summed E-state index contributed by atoms with van der Waals surface area (Å²) in [5.41, 5.74) is 5.16. The zero-order valence-corrected chi connectivity index (χ0v) is 12.0. The second kappa shape index (κ2) is 7.12. The smallest absolute Gasteiger partial charge is 0.320 e. The van der Waals surface area contributed by atoms with Crippen molar-refractivity contribution in [3.63, 3.8) is 0 Å². The van der Waals surface area contributed by atoms with Crippen molar-refractivity contribution in [1.82, 2.24) is 9.80 Å². The quantitative estimate of drug-likeness (QED) is 0.767. The predicted octanol–water partition coefficient (Wildman–Crippen LogP) is 0.489. The molecule has 0 aromatic carbocycles. The van der Waals surface area contributed by atoms with Gasteiger partial charge in [-0.05, 0) is 32.6 Å². The second-order valence-electron chi connectivity index (χ2n) is 5.50. The van der Waals surface area contributed by atoms with Gasteiger partial charge in [0.1, 0.15) is 6.54 Å². The Morgan fingerprint density at radius 2 is 1.85 bits per heavy atom. The third-order valence-corrected chi connectivity index (χ3v) is 3.54. The summed E-state index contributed by atoms with van der Waals surface area (Å²) in [6.45, 7) is 4.62. The number of nitrogens with two attached hydrogens (primary N) is 1. The van der Waals surface area contributed by atoms with Crippen LogP contribution >= 0.6 is 0 Å². The minimum atomic E-state index is -0.799. The summed E-state index contributed by atoms with van der Waals surface area (Å²) < 4.78 is 0. The molecular formula is C13H23N3O4. The molecule has 0 aromatic heterocycles. The summed E-state index contributed by atoms with van der Waals surface area (Å²) in [6, 6.07) is -0.306. The van der Waals surface area contributed by atoms with Crippen molar-refractivity contribution >= 4 is 17.9 Å². The maximum atomic E-state index is 12.3. The number of rotatable bonds is 5. The Hall–Kier alpha value is -1.79. The number of carboxylic acids is 1. The molecule has 0 spiro atoms. The van der Waals surface area contributed by atoms with Gasteiger partial charge >= 0.3 is 12.0 Å². The van der Waals surface area contributed by atoms with E-state index < -0.39 is 11.9 Å². The molecule has 1 rings (SSSR count). The fourth-order valence-electron chi connectivity index (χ4n) is 2.40. The van der Waals surface area contributed by atoms with E-state index in [1.54, 1.807) is 4.90 Å². The molecule has 1 heterocycles. The van der Waals surface area contributed by atoms with Crippen LogP contribution in [0.25, 0.3) is 0 Å². The highest BCUT2D eigenvalue weighted by molar-refractivity contribution is 5.83. The van der Waals surface area contributed by atoms with Crippen molar-refractivity contribution in [2.24, 2.45) is 11.7 Å². The van der Waals surface area contributed by atoms with Gasteiger partial charge in [0.2, 0.25) is 5.91 Å². The fraction of sp³-hybridized carbons (Fsp3) is 0.769. The number of piperidine rings is 1. The molecule has 0 saturated carbocycles. The lowest BCUT2D eigenvalue weighted by molar-refractivity contribution is -0.138. The second-order valence-corrected chi connectivity index (χ2v) is 5.50. The molecule has 0 bridgehead atoms. The SMILES string of the molecule is CC(C)N(CC(N)=O)C(=O)N1CCC(CC(=O)O)CC1. The third kappa shape index (κ3) is 4.71. The van der Waals surface area contributed by atoms with Crippen LogP contribution in [-0.4, -0.2) is 58.5 Å². The molecule has 1 aliphatic rings. The van der Waals surface area contributed by atoms with Gasteiger partial charge in [-0.25, -0.2) is 4.79 Å². The van der Waals surface area contributed by atoms with Crippen LogP contribution in [0.5, 0.6) is 0 Å². The van der Waals surface area contributed by atoms with E-state index in [4.69, 9.17) is 10.8 Å². The van der Waals surface area contributed by atoms with E-state index in [1.807, 2.05) is 13.8 Å². The number of nitrogens with zero attached hydrogens (tertiary/aromatic N) is 2. The summed E-state index contributed by atoms with van der Waals surface area (Å²) >= 11 is 0. The van der Waals surface area contributed by atoms with E-state index in [0.717, 1.165) is 0 Å². The highest BCUT2D eigenvalue weighted by Crippen LogP contribution is 2.21. The molecule has 0 aromatic rings. The molecule has 1 fully saturated rings. The summed E-state index contributed by atoms with van der Waals surface area (Å²) in [4.78, 5) is 37.1. The zero-order valence-electron chi connectivity index (χ0n) is 12.0. The highest BCUT2D eigenvalue weighted by Gasteiger charge is 2.29. The molecule has 3 N–H and O–H groups in total. The maximum absolute atomic E-state index is 12.3. The first-order valence-electron chi connectivity index (χ1n) is 6.87. The van der Waals surface area contributed by atoms with E-state index in [2.05, 4.69) is 0 Å². The van der Waals surface area contributed by atoms with Gasteiger partial charge in [0, 0.05) is 25.6 Å². The number of aliphatic carboxylic acids is 1. The number of carbonyl (C=O) groups excluding carboxylic acids is 2. The third-order valence-electron chi connectivity index (χ3n) is 3.54. The van der Waals surface area contributed by atoms with Crippen LogP contribution in [0.3, 0.4) is 0 Å². The van der Waals surface area contributed by atoms with Gasteiger partial charge in [-0.15, -0.1) is 0 Å². The van der Waals surface area contributed by atoms with Crippen molar-refractivity contribution in [3.05, 3.63) is 0 Å². The molecule has 3 amide bonds. The van der Waals surface area contributed by atoms with Crippen LogP contribution in [0.15, 0.2) is 0 Å². The Bertz CT molecular complexity index is 376. The number of hydrogen-bond donors (Lipinski definition) is 2. The molecule has 0 atom stereocenters. The highest BCUT2D eigenvalue weighted by atomic mass is 16.4. The van der Waals surface area contributed by atoms with Crippen LogP contribution < -0.4 is 5.73 Å². The van der Waals surface area contributed by atoms with E-state index in [0.29, 0.717) is 25.9 Å². The predicted molar refractivity (Wildman–Crippen MR) is 73.0 cm³/mol. The standard InChI is InChI=1S/C13H23N3O4/c1-9(2)16(8-11(14)17)13(20)15-5-3-10(4-6-15)7-12(18)19/h9-10H,3-8H2,1-2H3,(H2,14,17)(H,18,19). The number of carboxylic acid groups (broad SMARTS) is 1. The normalized spacial score (nSPS) is 16.2. The van der Waals surface area contributed by atoms with Gasteiger partial charge in [0.05, 0.1) is 0 Å². The first-order valence-corrected chi connectivity index (χ1v) is 6.87. The van der Waals surface area contributed by atoms with E-state index in [9.17, 15) is 14.4 Å². The van der Waals surface area contributed by atoms with Gasteiger partial charge in [-0.3, -0.25) is 9.59 Å². The van der Waals surface area contributed by atoms with Crippen molar-refractivity contribution in [1.29, 1.82) is 0 Å². The number of likely N-dealkylation sites (tertiary alicyclic amines) is 1. The summed E-state index contributed by atoms with van der Waals surface area (Å²) in [5.74, 6) is -1.21. The van der Waals surface area contributed by atoms with Gasteiger partial charge < -0.3 is 20.6 Å². The molecular weight excluding hydrogens is 262 g/mol. The Morgan fingerprint density at radius 3 is 2.25 bits per heavy atom. The molecule has 20 heavy (non-hydrogen) atoms. The van der Waals surface area contributed by atoms with Crippen LogP contribution in [0.4, 0.5) is 4.79 Å². The average Bonchev–Trinajstić information content (AvgIpc) is 2.35. The Balaban J connectivity index is 2.55. The Morgan fingerprint density at radius 1 is 1.30 bits per heavy atom. The fourth-order valence-corrected chi connectivity index (χ4v) is 2.40. The van der Waals surface area contributed by atoms with Crippen molar-refractivity contribution in [2.75, 3.05) is 19.6 Å². The lowest BCUT2D eigenvalue weighted by Crippen LogP contribution is -2.51. The number of amides is 3. The van der Waals surface area contributed by atoms with Crippen LogP contribution in [0.1, 0.15) is 33.1 Å². The summed E-state index contributed by atoms with van der Waals surface area (Å²) in [7, 11) is 0. The number of carbonyl (C=O) groups is 3. The van der Waals surface area contributed by atoms with Crippen LogP contribution in [-0.2, 0) is 9.59 Å². The van der Waals surface area contributed by atoms with Gasteiger partial charge in [0.15, 0.2) is 0 Å². The first kappa shape index (κ1) is 16.3. The first-order chi connectivity index (χ1) is 9.31. The van der Waals surface area contributed by atoms with E-state index in [-0.39, 0.29) is 31.0 Å². The largest absolute Gasteiger partial charge is 0.481 e. The van der Waals surface area contributed by atoms with Crippen molar-refractivity contribution < 1.29 is 19.5 Å². The number of primary amides is 1. The zero-order chi connectivity index (χ0) is 15.3. The maximum Gasteiger partial charge on any atom is 0.320 e. The van der Waals surface area contributed by atoms with Crippen molar-refractivity contribution in [3.8, 4) is 0 Å². The van der Waals surface area contributed by atoms with Crippen LogP contribution in [0, 0.1) is 5.92 Å². The molecule has 0 unspecified atom stereocenters. The number of hydrogen-bond acceptors (Lipinski definition) is 3. The number of urea groups is 1. The average molecular weight is 285 g/mol. The van der Waals surface area contributed by atoms with Crippen molar-refractivity contribution in [2.45, 2.75) is 39.2 Å². The molecule has 7 heteroatoms. The lowest BCUT2D eigenvalue weighted by atomic mass is 9.94. The van der Waals surface area contributed by atoms with E-state index in [1.165, 1.54) is 4.90 Å². The van der Waals surface area contributed by atoms with Gasteiger partial charge in [-0.1, -0.05) is 0 Å². The molecule has 1 saturated heterocycles. The van der Waals surface area contributed by atoms with Gasteiger partial charge in [-0.2, -0.15) is 0 Å². The lowest BCUT2D eigenvalue weighted by Gasteiger charge is -2.36. The molecule has 114 valence electrons. The molecule has 1 aliphatic heterocycles. The monoisotopic (exact) mass is 285 g/mol. The summed E-state index contributed by atoms with van der Waals surface area (Å²) in [6.07, 6.45) is 1.51. The molecule has 0 aliphatic carbocycles. The minimum absolute atomic E-state index is 0.0917. The molecule has 0 radical (unpaired) electrons.